The van der Waals surface area contributed by atoms with Gasteiger partial charge >= 0.3 is 0 Å². The second-order valence-corrected chi connectivity index (χ2v) is 23.7. The summed E-state index contributed by atoms with van der Waals surface area (Å²) in [4.78, 5) is 4.86. The molecule has 0 amide bonds. The zero-order chi connectivity index (χ0) is 51.2. The first-order chi connectivity index (χ1) is 34.6. The van der Waals surface area contributed by atoms with E-state index < -0.39 is 6.04 Å². The number of thiophene rings is 1. The van der Waals surface area contributed by atoms with Crippen molar-refractivity contribution in [2.24, 2.45) is 0 Å². The number of hydrogen-bond donors (Lipinski definition) is 0. The first kappa shape index (κ1) is 36.4. The number of anilines is 6. The van der Waals surface area contributed by atoms with Gasteiger partial charge in [0.15, 0.2) is 0 Å². The van der Waals surface area contributed by atoms with Gasteiger partial charge in [0.25, 0.3) is 6.71 Å². The van der Waals surface area contributed by atoms with Crippen LogP contribution < -0.4 is 25.5 Å². The molecule has 68 heavy (non-hydrogen) atoms. The van der Waals surface area contributed by atoms with Crippen molar-refractivity contribution in [1.82, 2.24) is 0 Å². The van der Waals surface area contributed by atoms with Crippen molar-refractivity contribution in [2.45, 2.75) is 90.9 Å². The molecule has 0 spiro atoms. The second-order valence-electron chi connectivity index (χ2n) is 22.6. The summed E-state index contributed by atoms with van der Waals surface area (Å²) in [5.41, 5.74) is 21.0. The lowest BCUT2D eigenvalue weighted by Gasteiger charge is -2.44. The highest BCUT2D eigenvalue weighted by molar-refractivity contribution is 7.33. The van der Waals surface area contributed by atoms with E-state index in [9.17, 15) is 2.74 Å². The van der Waals surface area contributed by atoms with Gasteiger partial charge in [-0.2, -0.15) is 0 Å². The Kier molecular flexibility index (Phi) is 7.49. The molecule has 1 aromatic heterocycles. The summed E-state index contributed by atoms with van der Waals surface area (Å²) >= 11 is 1.87. The molecule has 0 saturated heterocycles. The molecule has 4 heteroatoms. The van der Waals surface area contributed by atoms with Crippen LogP contribution in [-0.2, 0) is 21.7 Å². The summed E-state index contributed by atoms with van der Waals surface area (Å²) in [5.74, 6) is 0. The summed E-state index contributed by atoms with van der Waals surface area (Å²) < 4.78 is 48.0. The number of rotatable bonds is 3. The predicted octanol–water partition coefficient (Wildman–Crippen LogP) is 15.9. The summed E-state index contributed by atoms with van der Waals surface area (Å²) in [5, 5.41) is 1.17. The van der Waals surface area contributed by atoms with Crippen LogP contribution in [0, 0.1) is 0 Å². The molecule has 0 saturated carbocycles. The summed E-state index contributed by atoms with van der Waals surface area (Å²) in [6.45, 7) is 22.7. The molecule has 8 aromatic carbocycles. The van der Waals surface area contributed by atoms with Crippen LogP contribution in [0.15, 0.2) is 164 Å². The molecular formula is C64H57BN2S. The summed E-state index contributed by atoms with van der Waals surface area (Å²) in [7, 11) is 0. The van der Waals surface area contributed by atoms with E-state index in [1.165, 1.54) is 76.0 Å². The minimum Gasteiger partial charge on any atom is -0.311 e. The highest BCUT2D eigenvalue weighted by Crippen LogP contribution is 2.55. The van der Waals surface area contributed by atoms with E-state index in [1.807, 2.05) is 11.3 Å². The Balaban J connectivity index is 1.19. The standard InChI is InChI=1S/C64H57BN2S/c1-61(2,3)40-25-31-57-48(34-40)59-60(68-57)65-53-35-41(62(4,5)6)24-30-54(53)66(42-26-28-51-46(36-42)44-20-14-16-22-49(44)63(51,7)8)55-32-39(38-18-12-11-13-19-38)33-56(58(55)65)67(59)43-27-29-52-47(37-43)45-21-15-17-23-50(45)64(52,9)10/h11-37H,1-10H3/i11D,12D,13D,18D,19D. The lowest BCUT2D eigenvalue weighted by molar-refractivity contribution is 0.590. The zero-order valence-corrected chi connectivity index (χ0v) is 41.4. The van der Waals surface area contributed by atoms with Crippen LogP contribution >= 0.6 is 11.3 Å². The maximum atomic E-state index is 9.49. The number of hydrogen-bond acceptors (Lipinski definition) is 3. The molecule has 4 aliphatic rings. The fourth-order valence-electron chi connectivity index (χ4n) is 12.2. The summed E-state index contributed by atoms with van der Waals surface area (Å²) in [6.07, 6.45) is 0. The minimum atomic E-state index is -0.406. The van der Waals surface area contributed by atoms with Crippen molar-refractivity contribution in [2.75, 3.05) is 9.80 Å². The topological polar surface area (TPSA) is 6.48 Å². The third kappa shape index (κ3) is 5.77. The van der Waals surface area contributed by atoms with Crippen LogP contribution in [0.25, 0.3) is 43.5 Å². The van der Waals surface area contributed by atoms with E-state index in [4.69, 9.17) is 4.11 Å². The Morgan fingerprint density at radius 2 is 1.03 bits per heavy atom. The van der Waals surface area contributed by atoms with Crippen LogP contribution in [0.3, 0.4) is 0 Å². The molecule has 0 fully saturated rings. The van der Waals surface area contributed by atoms with Crippen molar-refractivity contribution in [3.63, 3.8) is 0 Å². The third-order valence-corrected chi connectivity index (χ3v) is 17.1. The molecule has 9 aromatic rings. The number of fused-ring (bicyclic) bond motifs is 12. The highest BCUT2D eigenvalue weighted by Gasteiger charge is 2.47. The van der Waals surface area contributed by atoms with Crippen molar-refractivity contribution in [1.29, 1.82) is 0 Å². The minimum absolute atomic E-state index is 0.115. The molecular weight excluding hydrogens is 840 g/mol. The van der Waals surface area contributed by atoms with Gasteiger partial charge in [-0.25, -0.2) is 0 Å². The van der Waals surface area contributed by atoms with Gasteiger partial charge in [0, 0.05) is 54.1 Å². The molecule has 2 nitrogen and oxygen atoms in total. The fourth-order valence-corrected chi connectivity index (χ4v) is 13.5. The smallest absolute Gasteiger partial charge is 0.264 e. The number of nitrogens with zero attached hydrogens (tertiary/aromatic N) is 2. The lowest BCUT2D eigenvalue weighted by Crippen LogP contribution is -2.60. The van der Waals surface area contributed by atoms with Crippen molar-refractivity contribution in [3.05, 3.63) is 197 Å². The van der Waals surface area contributed by atoms with E-state index in [1.54, 1.807) is 0 Å². The van der Waals surface area contributed by atoms with Gasteiger partial charge < -0.3 is 9.80 Å². The molecule has 13 rings (SSSR count). The maximum Gasteiger partial charge on any atom is 0.264 e. The number of benzene rings is 8. The van der Waals surface area contributed by atoms with E-state index >= 15 is 0 Å². The molecule has 0 radical (unpaired) electrons. The monoisotopic (exact) mass is 901 g/mol. The first-order valence-electron chi connectivity index (χ1n) is 26.6. The van der Waals surface area contributed by atoms with E-state index in [2.05, 4.69) is 212 Å². The lowest BCUT2D eigenvalue weighted by atomic mass is 9.36. The van der Waals surface area contributed by atoms with E-state index in [-0.39, 0.29) is 58.1 Å². The average Bonchev–Trinajstić information content (AvgIpc) is 3.93. The normalized spacial score (nSPS) is 16.7. The summed E-state index contributed by atoms with van der Waals surface area (Å²) in [6, 6.07) is 48.2. The quantitative estimate of drug-likeness (QED) is 0.163. The van der Waals surface area contributed by atoms with Gasteiger partial charge in [-0.05, 0) is 143 Å². The van der Waals surface area contributed by atoms with Gasteiger partial charge in [-0.1, -0.05) is 178 Å². The Bertz CT molecular complexity index is 3900. The van der Waals surface area contributed by atoms with Gasteiger partial charge in [-0.3, -0.25) is 0 Å². The van der Waals surface area contributed by atoms with Crippen LogP contribution in [-0.4, -0.2) is 6.71 Å². The largest absolute Gasteiger partial charge is 0.311 e. The van der Waals surface area contributed by atoms with Gasteiger partial charge in [0.1, 0.15) is 0 Å². The van der Waals surface area contributed by atoms with E-state index in [0.29, 0.717) is 5.56 Å². The van der Waals surface area contributed by atoms with Gasteiger partial charge in [0.2, 0.25) is 0 Å². The molecule has 0 N–H and O–H groups in total. The van der Waals surface area contributed by atoms with Gasteiger partial charge in [0.05, 0.1) is 12.5 Å². The van der Waals surface area contributed by atoms with Crippen molar-refractivity contribution in [3.8, 4) is 33.4 Å². The molecule has 3 heterocycles. The maximum absolute atomic E-state index is 9.49. The first-order valence-corrected chi connectivity index (χ1v) is 24.9. The zero-order valence-electron chi connectivity index (χ0n) is 45.6. The molecule has 2 aliphatic carbocycles. The molecule has 0 bridgehead atoms. The second kappa shape index (κ2) is 14.0. The molecule has 0 unspecified atom stereocenters. The van der Waals surface area contributed by atoms with Gasteiger partial charge in [-0.15, -0.1) is 11.3 Å². The Morgan fingerprint density at radius 1 is 0.500 bits per heavy atom. The molecule has 0 atom stereocenters. The Labute approximate surface area is 414 Å². The van der Waals surface area contributed by atoms with Crippen LogP contribution in [0.5, 0.6) is 0 Å². The van der Waals surface area contributed by atoms with Crippen molar-refractivity contribution < 1.29 is 6.85 Å². The van der Waals surface area contributed by atoms with Crippen molar-refractivity contribution >= 4 is 78.0 Å². The third-order valence-electron chi connectivity index (χ3n) is 15.8. The van der Waals surface area contributed by atoms with E-state index in [0.717, 1.165) is 39.6 Å². The van der Waals surface area contributed by atoms with Crippen LogP contribution in [0.4, 0.5) is 34.1 Å². The van der Waals surface area contributed by atoms with Crippen LogP contribution in [0.1, 0.15) is 109 Å². The Morgan fingerprint density at radius 3 is 1.63 bits per heavy atom. The Hall–Kier alpha value is -6.62. The predicted molar refractivity (Wildman–Crippen MR) is 294 cm³/mol. The molecule has 2 aliphatic heterocycles. The fraction of sp³-hybridized carbons (Fsp3) is 0.219. The van der Waals surface area contributed by atoms with Crippen LogP contribution in [0.2, 0.25) is 0 Å². The highest BCUT2D eigenvalue weighted by atomic mass is 32.1. The SMILES string of the molecule is [2H]c1c([2H])c([2H])c(-c2cc3c4c(c2)N(c2ccc5c(c2)-c2ccccc2C5(C)C)c2c(sc5ccc(C(C)(C)C)cc25)B4c2cc(C(C)(C)C)ccc2N3c2ccc3c(c2)-c2ccccc2C3(C)C)c([2H])c1[2H]. The average molecular weight is 902 g/mol. The molecule has 332 valence electrons.